The highest BCUT2D eigenvalue weighted by molar-refractivity contribution is 8.13. The van der Waals surface area contributed by atoms with Crippen LogP contribution in [0.15, 0.2) is 4.99 Å². The molecule has 0 saturated carbocycles. The summed E-state index contributed by atoms with van der Waals surface area (Å²) in [5, 5.41) is 18.9. The Balaban J connectivity index is 2.75. The van der Waals surface area contributed by atoms with Crippen LogP contribution >= 0.6 is 11.8 Å². The number of piperidine rings is 1. The zero-order chi connectivity index (χ0) is 10.6. The third-order valence-corrected chi connectivity index (χ3v) is 3.21. The van der Waals surface area contributed by atoms with Gasteiger partial charge in [0.25, 0.3) is 0 Å². The van der Waals surface area contributed by atoms with E-state index >= 15 is 0 Å². The topological polar surface area (TPSA) is 59.6 Å². The Morgan fingerprint density at radius 1 is 1.71 bits per heavy atom. The monoisotopic (exact) mass is 213 g/mol. The van der Waals surface area contributed by atoms with E-state index in [9.17, 15) is 5.11 Å². The van der Waals surface area contributed by atoms with Crippen molar-refractivity contribution in [3.8, 4) is 6.19 Å². The molecule has 0 bridgehead atoms. The molecule has 1 heterocycles. The van der Waals surface area contributed by atoms with E-state index in [1.54, 1.807) is 6.19 Å². The largest absolute Gasteiger partial charge is 0.391 e. The van der Waals surface area contributed by atoms with Crippen molar-refractivity contribution in [1.29, 1.82) is 5.26 Å². The molecule has 0 aromatic heterocycles. The number of nitrogens with zero attached hydrogens (tertiary/aromatic N) is 3. The second-order valence-electron chi connectivity index (χ2n) is 3.34. The van der Waals surface area contributed by atoms with Crippen LogP contribution in [-0.2, 0) is 0 Å². The Bertz CT molecular complexity index is 261. The van der Waals surface area contributed by atoms with Crippen LogP contribution in [0.3, 0.4) is 0 Å². The number of thioether (sulfide) groups is 1. The fourth-order valence-corrected chi connectivity index (χ4v) is 2.29. The Labute approximate surface area is 88.6 Å². The van der Waals surface area contributed by atoms with Crippen molar-refractivity contribution in [1.82, 2.24) is 4.90 Å². The maximum atomic E-state index is 9.67. The lowest BCUT2D eigenvalue weighted by Gasteiger charge is -2.37. The van der Waals surface area contributed by atoms with Gasteiger partial charge in [-0.15, -0.1) is 4.99 Å². The molecule has 0 aromatic rings. The molecular formula is C9H15N3OS. The van der Waals surface area contributed by atoms with E-state index in [1.165, 1.54) is 11.8 Å². The molecule has 0 aliphatic carbocycles. The first-order valence-electron chi connectivity index (χ1n) is 4.66. The molecule has 4 nitrogen and oxygen atoms in total. The maximum Gasteiger partial charge on any atom is 0.208 e. The molecule has 1 N–H and O–H groups in total. The fourth-order valence-electron chi connectivity index (χ4n) is 1.66. The molecule has 1 aliphatic rings. The third kappa shape index (κ3) is 2.40. The average Bonchev–Trinajstić information content (AvgIpc) is 2.19. The summed E-state index contributed by atoms with van der Waals surface area (Å²) in [6.07, 6.45) is 5.18. The van der Waals surface area contributed by atoms with E-state index in [1.807, 2.05) is 18.1 Å². The van der Waals surface area contributed by atoms with Gasteiger partial charge in [-0.25, -0.2) is 0 Å². The number of aliphatic hydroxyl groups is 1. The molecule has 5 heteroatoms. The fraction of sp³-hybridized carbons (Fsp3) is 0.778. The molecule has 0 radical (unpaired) electrons. The molecule has 14 heavy (non-hydrogen) atoms. The minimum atomic E-state index is -0.306. The van der Waals surface area contributed by atoms with Gasteiger partial charge in [-0.05, 0) is 26.0 Å². The standard InChI is InChI=1S/C9H15N3OS/c1-7-8(13)4-3-5-12(7)9(14-2)11-6-10/h7-8,13H,3-5H2,1-2H3. The van der Waals surface area contributed by atoms with Crippen molar-refractivity contribution in [3.05, 3.63) is 0 Å². The molecule has 2 unspecified atom stereocenters. The molecule has 0 spiro atoms. The van der Waals surface area contributed by atoms with Crippen molar-refractivity contribution in [2.24, 2.45) is 4.99 Å². The third-order valence-electron chi connectivity index (χ3n) is 2.52. The lowest BCUT2D eigenvalue weighted by Crippen LogP contribution is -2.48. The second-order valence-corrected chi connectivity index (χ2v) is 4.12. The van der Waals surface area contributed by atoms with Crippen LogP contribution in [0.25, 0.3) is 0 Å². The van der Waals surface area contributed by atoms with Crippen LogP contribution in [-0.4, -0.2) is 40.1 Å². The summed E-state index contributed by atoms with van der Waals surface area (Å²) in [7, 11) is 0. The molecular weight excluding hydrogens is 198 g/mol. The summed E-state index contributed by atoms with van der Waals surface area (Å²) in [6, 6.07) is 0.0586. The summed E-state index contributed by atoms with van der Waals surface area (Å²) in [4.78, 5) is 5.75. The van der Waals surface area contributed by atoms with Gasteiger partial charge in [0.2, 0.25) is 6.19 Å². The van der Waals surface area contributed by atoms with Crippen molar-refractivity contribution >= 4 is 16.9 Å². The molecule has 2 atom stereocenters. The molecule has 0 amide bonds. The van der Waals surface area contributed by atoms with Crippen LogP contribution in [0.1, 0.15) is 19.8 Å². The Morgan fingerprint density at radius 2 is 2.43 bits per heavy atom. The number of aliphatic hydroxyl groups excluding tert-OH is 1. The van der Waals surface area contributed by atoms with Gasteiger partial charge in [-0.3, -0.25) is 0 Å². The van der Waals surface area contributed by atoms with Gasteiger partial charge in [0.05, 0.1) is 12.1 Å². The van der Waals surface area contributed by atoms with Gasteiger partial charge in [-0.1, -0.05) is 11.8 Å². The van der Waals surface area contributed by atoms with E-state index in [-0.39, 0.29) is 12.1 Å². The van der Waals surface area contributed by atoms with E-state index in [2.05, 4.69) is 4.99 Å². The van der Waals surface area contributed by atoms with E-state index in [0.717, 1.165) is 19.4 Å². The average molecular weight is 213 g/mol. The van der Waals surface area contributed by atoms with Gasteiger partial charge < -0.3 is 10.0 Å². The zero-order valence-corrected chi connectivity index (χ0v) is 9.29. The predicted molar refractivity (Wildman–Crippen MR) is 58.0 cm³/mol. The van der Waals surface area contributed by atoms with Gasteiger partial charge in [0.15, 0.2) is 5.17 Å². The van der Waals surface area contributed by atoms with Gasteiger partial charge >= 0.3 is 0 Å². The van der Waals surface area contributed by atoms with Crippen molar-refractivity contribution in [2.75, 3.05) is 12.8 Å². The highest BCUT2D eigenvalue weighted by atomic mass is 32.2. The number of amidine groups is 1. The smallest absolute Gasteiger partial charge is 0.208 e. The Kier molecular flexibility index (Phi) is 4.23. The first-order valence-corrected chi connectivity index (χ1v) is 5.88. The molecule has 1 fully saturated rings. The van der Waals surface area contributed by atoms with Crippen LogP contribution in [0.2, 0.25) is 0 Å². The second kappa shape index (κ2) is 5.23. The highest BCUT2D eigenvalue weighted by Crippen LogP contribution is 2.20. The first-order chi connectivity index (χ1) is 6.70. The van der Waals surface area contributed by atoms with Crippen LogP contribution in [0.4, 0.5) is 0 Å². The number of hydrogen-bond acceptors (Lipinski definition) is 4. The minimum Gasteiger partial charge on any atom is -0.391 e. The van der Waals surface area contributed by atoms with Crippen LogP contribution in [0.5, 0.6) is 0 Å². The van der Waals surface area contributed by atoms with E-state index < -0.39 is 0 Å². The number of nitriles is 1. The number of hydrogen-bond donors (Lipinski definition) is 1. The minimum absolute atomic E-state index is 0.0586. The van der Waals surface area contributed by atoms with Gasteiger partial charge in [0, 0.05) is 6.54 Å². The van der Waals surface area contributed by atoms with Crippen molar-refractivity contribution < 1.29 is 5.11 Å². The molecule has 1 aliphatic heterocycles. The normalized spacial score (nSPS) is 28.7. The molecule has 1 rings (SSSR count). The Morgan fingerprint density at radius 3 is 3.00 bits per heavy atom. The predicted octanol–water partition coefficient (Wildman–Crippen LogP) is 1.03. The summed E-state index contributed by atoms with van der Waals surface area (Å²) in [6.45, 7) is 2.84. The number of likely N-dealkylation sites (tertiary alicyclic amines) is 1. The molecule has 0 aromatic carbocycles. The van der Waals surface area contributed by atoms with E-state index in [0.29, 0.717) is 5.17 Å². The summed E-state index contributed by atoms with van der Waals surface area (Å²) in [5.74, 6) is 0. The zero-order valence-electron chi connectivity index (χ0n) is 8.47. The quantitative estimate of drug-likeness (QED) is 0.371. The lowest BCUT2D eigenvalue weighted by atomic mass is 10.0. The van der Waals surface area contributed by atoms with Gasteiger partial charge in [0.1, 0.15) is 0 Å². The Hall–Kier alpha value is -0.730. The first kappa shape index (κ1) is 11.3. The summed E-state index contributed by atoms with van der Waals surface area (Å²) < 4.78 is 0. The van der Waals surface area contributed by atoms with E-state index in [4.69, 9.17) is 5.26 Å². The maximum absolute atomic E-state index is 9.67. The van der Waals surface area contributed by atoms with Gasteiger partial charge in [-0.2, -0.15) is 5.26 Å². The number of rotatable bonds is 0. The van der Waals surface area contributed by atoms with Crippen molar-refractivity contribution in [3.63, 3.8) is 0 Å². The van der Waals surface area contributed by atoms with Crippen LogP contribution < -0.4 is 0 Å². The molecule has 1 saturated heterocycles. The SMILES string of the molecule is CSC(=NC#N)N1CCCC(O)C1C. The lowest BCUT2D eigenvalue weighted by molar-refractivity contribution is 0.0569. The summed E-state index contributed by atoms with van der Waals surface area (Å²) in [5.41, 5.74) is 0. The summed E-state index contributed by atoms with van der Waals surface area (Å²) >= 11 is 1.45. The highest BCUT2D eigenvalue weighted by Gasteiger charge is 2.28. The molecule has 78 valence electrons. The van der Waals surface area contributed by atoms with Crippen molar-refractivity contribution in [2.45, 2.75) is 31.9 Å². The number of aliphatic imine (C=N–C) groups is 1. The van der Waals surface area contributed by atoms with Crippen LogP contribution in [0, 0.1) is 11.5 Å².